The SMILES string of the molecule is COCCC(C)NN(C)C. The lowest BCUT2D eigenvalue weighted by Gasteiger charge is -2.18. The van der Waals surface area contributed by atoms with Crippen LogP contribution in [0.1, 0.15) is 13.3 Å². The minimum Gasteiger partial charge on any atom is -0.385 e. The van der Waals surface area contributed by atoms with Crippen LogP contribution in [0.5, 0.6) is 0 Å². The van der Waals surface area contributed by atoms with Crippen molar-refractivity contribution >= 4 is 0 Å². The molecule has 0 aliphatic rings. The molecule has 0 aliphatic heterocycles. The van der Waals surface area contributed by atoms with Gasteiger partial charge in [0.1, 0.15) is 0 Å². The second-order valence-electron chi connectivity index (χ2n) is 2.71. The molecule has 0 aromatic heterocycles. The topological polar surface area (TPSA) is 24.5 Å². The summed E-state index contributed by atoms with van der Waals surface area (Å²) in [5.41, 5.74) is 3.23. The van der Waals surface area contributed by atoms with Crippen molar-refractivity contribution in [1.82, 2.24) is 10.4 Å². The lowest BCUT2D eigenvalue weighted by Crippen LogP contribution is -2.38. The molecule has 0 aliphatic carbocycles. The Morgan fingerprint density at radius 1 is 1.50 bits per heavy atom. The minimum atomic E-state index is 0.495. The molecule has 0 heterocycles. The van der Waals surface area contributed by atoms with Gasteiger partial charge in [-0.25, -0.2) is 0 Å². The first-order valence-corrected chi connectivity index (χ1v) is 3.59. The molecule has 10 heavy (non-hydrogen) atoms. The van der Waals surface area contributed by atoms with E-state index in [4.69, 9.17) is 4.74 Å². The predicted molar refractivity (Wildman–Crippen MR) is 42.8 cm³/mol. The summed E-state index contributed by atoms with van der Waals surface area (Å²) in [5.74, 6) is 0. The molecule has 0 spiro atoms. The number of hydrogen-bond acceptors (Lipinski definition) is 3. The van der Waals surface area contributed by atoms with Crippen LogP contribution in [0.2, 0.25) is 0 Å². The first-order valence-electron chi connectivity index (χ1n) is 3.59. The summed E-state index contributed by atoms with van der Waals surface area (Å²) in [5, 5.41) is 1.96. The summed E-state index contributed by atoms with van der Waals surface area (Å²) in [6, 6.07) is 0.495. The number of hydrazine groups is 1. The van der Waals surface area contributed by atoms with E-state index in [1.807, 2.05) is 19.1 Å². The molecule has 1 atom stereocenters. The third kappa shape index (κ3) is 6.01. The molecule has 0 rings (SSSR count). The van der Waals surface area contributed by atoms with E-state index in [1.54, 1.807) is 7.11 Å². The largest absolute Gasteiger partial charge is 0.385 e. The summed E-state index contributed by atoms with van der Waals surface area (Å²) in [7, 11) is 5.70. The zero-order chi connectivity index (χ0) is 7.98. The lowest BCUT2D eigenvalue weighted by molar-refractivity contribution is 0.163. The van der Waals surface area contributed by atoms with Crippen LogP contribution in [0, 0.1) is 0 Å². The first-order chi connectivity index (χ1) is 4.66. The predicted octanol–water partition coefficient (Wildman–Crippen LogP) is 0.478. The minimum absolute atomic E-state index is 0.495. The van der Waals surface area contributed by atoms with Gasteiger partial charge in [0.25, 0.3) is 0 Å². The highest BCUT2D eigenvalue weighted by atomic mass is 16.5. The molecule has 0 aromatic carbocycles. The van der Waals surface area contributed by atoms with Gasteiger partial charge in [-0.05, 0) is 13.3 Å². The summed E-state index contributed by atoms with van der Waals surface area (Å²) in [6.45, 7) is 2.96. The standard InChI is InChI=1S/C7H18N2O/c1-7(5-6-10-4)8-9(2)3/h7-8H,5-6H2,1-4H3. The second-order valence-corrected chi connectivity index (χ2v) is 2.71. The summed E-state index contributed by atoms with van der Waals surface area (Å²) < 4.78 is 4.94. The third-order valence-electron chi connectivity index (χ3n) is 1.23. The fraction of sp³-hybridized carbons (Fsp3) is 1.00. The molecule has 0 fully saturated rings. The van der Waals surface area contributed by atoms with Crippen LogP contribution >= 0.6 is 0 Å². The maximum Gasteiger partial charge on any atom is 0.0477 e. The number of hydrogen-bond donors (Lipinski definition) is 1. The van der Waals surface area contributed by atoms with Gasteiger partial charge >= 0.3 is 0 Å². The fourth-order valence-electron chi connectivity index (χ4n) is 0.800. The van der Waals surface area contributed by atoms with Gasteiger partial charge in [0.05, 0.1) is 0 Å². The van der Waals surface area contributed by atoms with E-state index in [1.165, 1.54) is 0 Å². The number of nitrogens with one attached hydrogen (secondary N) is 1. The molecule has 0 amide bonds. The van der Waals surface area contributed by atoms with Crippen molar-refractivity contribution in [3.05, 3.63) is 0 Å². The molecule has 0 aromatic rings. The van der Waals surface area contributed by atoms with E-state index in [0.29, 0.717) is 6.04 Å². The molecule has 0 bridgehead atoms. The van der Waals surface area contributed by atoms with Gasteiger partial charge in [-0.2, -0.15) is 0 Å². The van der Waals surface area contributed by atoms with Crippen LogP contribution in [-0.2, 0) is 4.74 Å². The highest BCUT2D eigenvalue weighted by molar-refractivity contribution is 4.55. The Morgan fingerprint density at radius 3 is 2.50 bits per heavy atom. The zero-order valence-corrected chi connectivity index (χ0v) is 7.35. The van der Waals surface area contributed by atoms with E-state index in [-0.39, 0.29) is 0 Å². The number of rotatable bonds is 5. The van der Waals surface area contributed by atoms with Gasteiger partial charge < -0.3 is 4.74 Å². The number of methoxy groups -OCH3 is 1. The summed E-state index contributed by atoms with van der Waals surface area (Å²) in [6.07, 6.45) is 1.05. The normalized spacial score (nSPS) is 14.1. The molecule has 3 heteroatoms. The Hall–Kier alpha value is -0.120. The van der Waals surface area contributed by atoms with Gasteiger partial charge in [0.2, 0.25) is 0 Å². The van der Waals surface area contributed by atoms with E-state index in [9.17, 15) is 0 Å². The molecule has 1 unspecified atom stereocenters. The molecular formula is C7H18N2O. The summed E-state index contributed by atoms with van der Waals surface area (Å²) in [4.78, 5) is 0. The van der Waals surface area contributed by atoms with Crippen LogP contribution < -0.4 is 5.43 Å². The monoisotopic (exact) mass is 146 g/mol. The molecule has 0 saturated carbocycles. The fourth-order valence-corrected chi connectivity index (χ4v) is 0.800. The van der Waals surface area contributed by atoms with E-state index in [0.717, 1.165) is 13.0 Å². The van der Waals surface area contributed by atoms with Crippen LogP contribution in [0.25, 0.3) is 0 Å². The quantitative estimate of drug-likeness (QED) is 0.571. The molecule has 0 saturated heterocycles. The van der Waals surface area contributed by atoms with Crippen molar-refractivity contribution in [2.75, 3.05) is 27.8 Å². The van der Waals surface area contributed by atoms with Gasteiger partial charge in [-0.15, -0.1) is 0 Å². The maximum atomic E-state index is 4.94. The molecule has 1 N–H and O–H groups in total. The van der Waals surface area contributed by atoms with Crippen molar-refractivity contribution in [2.24, 2.45) is 0 Å². The van der Waals surface area contributed by atoms with Crippen molar-refractivity contribution < 1.29 is 4.74 Å². The van der Waals surface area contributed by atoms with Crippen LogP contribution in [0.3, 0.4) is 0 Å². The van der Waals surface area contributed by atoms with Crippen molar-refractivity contribution in [3.8, 4) is 0 Å². The van der Waals surface area contributed by atoms with Crippen LogP contribution in [-0.4, -0.2) is 38.9 Å². The van der Waals surface area contributed by atoms with Crippen molar-refractivity contribution in [3.63, 3.8) is 0 Å². The second kappa shape index (κ2) is 5.65. The number of nitrogens with zero attached hydrogens (tertiary/aromatic N) is 1. The van der Waals surface area contributed by atoms with Crippen LogP contribution in [0.15, 0.2) is 0 Å². The first kappa shape index (κ1) is 9.88. The average molecular weight is 146 g/mol. The smallest absolute Gasteiger partial charge is 0.0477 e. The molecular weight excluding hydrogens is 128 g/mol. The average Bonchev–Trinajstić information content (AvgIpc) is 1.82. The third-order valence-corrected chi connectivity index (χ3v) is 1.23. The van der Waals surface area contributed by atoms with E-state index >= 15 is 0 Å². The Balaban J connectivity index is 3.16. The number of ether oxygens (including phenoxy) is 1. The van der Waals surface area contributed by atoms with Crippen molar-refractivity contribution in [2.45, 2.75) is 19.4 Å². The summed E-state index contributed by atoms with van der Waals surface area (Å²) >= 11 is 0. The van der Waals surface area contributed by atoms with Crippen molar-refractivity contribution in [1.29, 1.82) is 0 Å². The van der Waals surface area contributed by atoms with Gasteiger partial charge in [-0.1, -0.05) is 0 Å². The Kier molecular flexibility index (Phi) is 5.58. The van der Waals surface area contributed by atoms with E-state index < -0.39 is 0 Å². The van der Waals surface area contributed by atoms with Gasteiger partial charge in [0.15, 0.2) is 0 Å². The Labute approximate surface area is 63.3 Å². The van der Waals surface area contributed by atoms with E-state index in [2.05, 4.69) is 12.3 Å². The molecule has 62 valence electrons. The zero-order valence-electron chi connectivity index (χ0n) is 7.35. The lowest BCUT2D eigenvalue weighted by atomic mass is 10.3. The van der Waals surface area contributed by atoms with Gasteiger partial charge in [0, 0.05) is 33.9 Å². The maximum absolute atomic E-state index is 4.94. The Bertz CT molecular complexity index is 76.0. The molecule has 3 nitrogen and oxygen atoms in total. The highest BCUT2D eigenvalue weighted by Gasteiger charge is 1.99. The van der Waals surface area contributed by atoms with Crippen LogP contribution in [0.4, 0.5) is 0 Å². The van der Waals surface area contributed by atoms with Gasteiger partial charge in [-0.3, -0.25) is 10.4 Å². The highest BCUT2D eigenvalue weighted by Crippen LogP contribution is 1.89. The Morgan fingerprint density at radius 2 is 2.10 bits per heavy atom. The molecule has 0 radical (unpaired) electrons.